The summed E-state index contributed by atoms with van der Waals surface area (Å²) in [5.41, 5.74) is 1.29. The Kier molecular flexibility index (Phi) is 3.81. The van der Waals surface area contributed by atoms with Crippen LogP contribution in [0.5, 0.6) is 0 Å². The Hall–Kier alpha value is -1.33. The molecule has 0 fully saturated rings. The molecule has 1 atom stereocenters. The first-order valence-electron chi connectivity index (χ1n) is 5.50. The number of nitrogens with one attached hydrogen (secondary N) is 1. The Balaban J connectivity index is 2.11. The first-order chi connectivity index (χ1) is 8.20. The lowest BCUT2D eigenvalue weighted by molar-refractivity contribution is 0.652. The summed E-state index contributed by atoms with van der Waals surface area (Å²) in [7, 11) is 3.86. The van der Waals surface area contributed by atoms with Crippen LogP contribution >= 0.6 is 11.8 Å². The van der Waals surface area contributed by atoms with Crippen LogP contribution in [-0.2, 0) is 7.05 Å². The molecule has 1 unspecified atom stereocenters. The predicted molar refractivity (Wildman–Crippen MR) is 69.0 cm³/mol. The summed E-state index contributed by atoms with van der Waals surface area (Å²) in [4.78, 5) is 5.36. The van der Waals surface area contributed by atoms with E-state index in [0.717, 1.165) is 5.16 Å². The molecule has 4 nitrogen and oxygen atoms in total. The molecule has 1 aromatic carbocycles. The standard InChI is InChI=1S/C12H16N4S/c1-9(13-2)10-4-6-11(7-5-10)17-12-14-8-15-16(12)3/h4-9,13H,1-3H3. The molecule has 0 bridgehead atoms. The third-order valence-electron chi connectivity index (χ3n) is 2.69. The van der Waals surface area contributed by atoms with Crippen molar-refractivity contribution in [1.82, 2.24) is 20.1 Å². The second-order valence-electron chi connectivity index (χ2n) is 3.85. The molecule has 1 aromatic heterocycles. The van der Waals surface area contributed by atoms with Crippen LogP contribution in [0.4, 0.5) is 0 Å². The Morgan fingerprint density at radius 2 is 2.00 bits per heavy atom. The van der Waals surface area contributed by atoms with Gasteiger partial charge in [-0.05, 0) is 31.7 Å². The smallest absolute Gasteiger partial charge is 0.190 e. The lowest BCUT2D eigenvalue weighted by Crippen LogP contribution is -2.11. The molecule has 0 aliphatic heterocycles. The second-order valence-corrected chi connectivity index (χ2v) is 4.89. The SMILES string of the molecule is CNC(C)c1ccc(Sc2ncnn2C)cc1. The van der Waals surface area contributed by atoms with Gasteiger partial charge in [0.05, 0.1) is 0 Å². The van der Waals surface area contributed by atoms with Crippen molar-refractivity contribution in [1.29, 1.82) is 0 Å². The molecule has 0 aliphatic carbocycles. The number of rotatable bonds is 4. The van der Waals surface area contributed by atoms with Crippen molar-refractivity contribution in [3.8, 4) is 0 Å². The van der Waals surface area contributed by atoms with E-state index >= 15 is 0 Å². The number of hydrogen-bond donors (Lipinski definition) is 1. The van der Waals surface area contributed by atoms with Crippen molar-refractivity contribution in [3.05, 3.63) is 36.2 Å². The third-order valence-corrected chi connectivity index (χ3v) is 3.75. The van der Waals surface area contributed by atoms with E-state index in [-0.39, 0.29) is 0 Å². The van der Waals surface area contributed by atoms with E-state index < -0.39 is 0 Å². The number of hydrogen-bond acceptors (Lipinski definition) is 4. The normalized spacial score (nSPS) is 12.6. The zero-order valence-corrected chi connectivity index (χ0v) is 11.0. The van der Waals surface area contributed by atoms with Gasteiger partial charge in [-0.2, -0.15) is 5.10 Å². The Labute approximate surface area is 105 Å². The summed E-state index contributed by atoms with van der Waals surface area (Å²) in [5, 5.41) is 8.17. The minimum atomic E-state index is 0.379. The highest BCUT2D eigenvalue weighted by Crippen LogP contribution is 2.26. The molecular formula is C12H16N4S. The largest absolute Gasteiger partial charge is 0.313 e. The number of nitrogens with zero attached hydrogens (tertiary/aromatic N) is 3. The maximum Gasteiger partial charge on any atom is 0.190 e. The molecule has 0 saturated carbocycles. The average Bonchev–Trinajstić information content (AvgIpc) is 2.75. The van der Waals surface area contributed by atoms with Crippen LogP contribution in [0.1, 0.15) is 18.5 Å². The summed E-state index contributed by atoms with van der Waals surface area (Å²) in [6, 6.07) is 8.88. The van der Waals surface area contributed by atoms with E-state index in [1.807, 2.05) is 14.1 Å². The fraction of sp³-hybridized carbons (Fsp3) is 0.333. The van der Waals surface area contributed by atoms with E-state index in [4.69, 9.17) is 0 Å². The molecule has 1 N–H and O–H groups in total. The van der Waals surface area contributed by atoms with Gasteiger partial charge in [-0.25, -0.2) is 9.67 Å². The molecule has 0 saturated heterocycles. The van der Waals surface area contributed by atoms with E-state index in [9.17, 15) is 0 Å². The van der Waals surface area contributed by atoms with Crippen molar-refractivity contribution in [3.63, 3.8) is 0 Å². The van der Waals surface area contributed by atoms with E-state index in [1.165, 1.54) is 10.5 Å². The maximum atomic E-state index is 4.19. The van der Waals surface area contributed by atoms with Gasteiger partial charge in [0.1, 0.15) is 6.33 Å². The molecule has 0 spiro atoms. The molecule has 0 radical (unpaired) electrons. The Bertz CT molecular complexity index is 478. The van der Waals surface area contributed by atoms with Crippen LogP contribution in [-0.4, -0.2) is 21.8 Å². The summed E-state index contributed by atoms with van der Waals surface area (Å²) in [6.07, 6.45) is 1.57. The van der Waals surface area contributed by atoms with Crippen molar-refractivity contribution in [2.75, 3.05) is 7.05 Å². The van der Waals surface area contributed by atoms with Gasteiger partial charge in [0, 0.05) is 18.0 Å². The van der Waals surface area contributed by atoms with Gasteiger partial charge in [-0.3, -0.25) is 0 Å². The van der Waals surface area contributed by atoms with Gasteiger partial charge >= 0.3 is 0 Å². The van der Waals surface area contributed by atoms with Crippen LogP contribution in [0.3, 0.4) is 0 Å². The van der Waals surface area contributed by atoms with Gasteiger partial charge in [-0.1, -0.05) is 23.9 Å². The van der Waals surface area contributed by atoms with Crippen molar-refractivity contribution in [2.45, 2.75) is 23.0 Å². The van der Waals surface area contributed by atoms with E-state index in [1.54, 1.807) is 22.8 Å². The summed E-state index contributed by atoms with van der Waals surface area (Å²) < 4.78 is 1.77. The molecule has 1 heterocycles. The molecule has 90 valence electrons. The van der Waals surface area contributed by atoms with E-state index in [0.29, 0.717) is 6.04 Å². The van der Waals surface area contributed by atoms with Gasteiger partial charge in [0.25, 0.3) is 0 Å². The monoisotopic (exact) mass is 248 g/mol. The van der Waals surface area contributed by atoms with Crippen molar-refractivity contribution >= 4 is 11.8 Å². The summed E-state index contributed by atoms with van der Waals surface area (Å²) in [5.74, 6) is 0. The molecule has 0 aliphatic rings. The van der Waals surface area contributed by atoms with E-state index in [2.05, 4.69) is 46.6 Å². The Morgan fingerprint density at radius 3 is 2.53 bits per heavy atom. The highest BCUT2D eigenvalue weighted by molar-refractivity contribution is 7.99. The average molecular weight is 248 g/mol. The molecule has 2 rings (SSSR count). The van der Waals surface area contributed by atoms with Gasteiger partial charge in [0.15, 0.2) is 5.16 Å². The number of benzene rings is 1. The van der Waals surface area contributed by atoms with Gasteiger partial charge < -0.3 is 5.32 Å². The summed E-state index contributed by atoms with van der Waals surface area (Å²) in [6.45, 7) is 2.14. The zero-order valence-electron chi connectivity index (χ0n) is 10.2. The zero-order chi connectivity index (χ0) is 12.3. The van der Waals surface area contributed by atoms with Crippen LogP contribution in [0.2, 0.25) is 0 Å². The highest BCUT2D eigenvalue weighted by Gasteiger charge is 2.05. The number of aromatic nitrogens is 3. The minimum Gasteiger partial charge on any atom is -0.313 e. The fourth-order valence-corrected chi connectivity index (χ4v) is 2.24. The minimum absolute atomic E-state index is 0.379. The topological polar surface area (TPSA) is 42.7 Å². The number of aryl methyl sites for hydroxylation is 1. The molecular weight excluding hydrogens is 232 g/mol. The quantitative estimate of drug-likeness (QED) is 0.901. The second kappa shape index (κ2) is 5.33. The molecule has 5 heteroatoms. The lowest BCUT2D eigenvalue weighted by Gasteiger charge is -2.10. The first kappa shape index (κ1) is 12.1. The van der Waals surface area contributed by atoms with Gasteiger partial charge in [0.2, 0.25) is 0 Å². The van der Waals surface area contributed by atoms with Crippen LogP contribution in [0, 0.1) is 0 Å². The third kappa shape index (κ3) is 2.87. The fourth-order valence-electron chi connectivity index (χ4n) is 1.47. The van der Waals surface area contributed by atoms with Crippen molar-refractivity contribution < 1.29 is 0 Å². The Morgan fingerprint density at radius 1 is 1.29 bits per heavy atom. The predicted octanol–water partition coefficient (Wildman–Crippen LogP) is 2.25. The highest BCUT2D eigenvalue weighted by atomic mass is 32.2. The van der Waals surface area contributed by atoms with Gasteiger partial charge in [-0.15, -0.1) is 0 Å². The summed E-state index contributed by atoms with van der Waals surface area (Å²) >= 11 is 1.62. The van der Waals surface area contributed by atoms with Crippen molar-refractivity contribution in [2.24, 2.45) is 7.05 Å². The molecule has 2 aromatic rings. The van der Waals surface area contributed by atoms with Crippen LogP contribution in [0.25, 0.3) is 0 Å². The van der Waals surface area contributed by atoms with Crippen LogP contribution < -0.4 is 5.32 Å². The molecule has 17 heavy (non-hydrogen) atoms. The molecule has 0 amide bonds. The first-order valence-corrected chi connectivity index (χ1v) is 6.31. The maximum absolute atomic E-state index is 4.19. The lowest BCUT2D eigenvalue weighted by atomic mass is 10.1. The van der Waals surface area contributed by atoms with Crippen LogP contribution in [0.15, 0.2) is 40.6 Å².